The van der Waals surface area contributed by atoms with Crippen molar-refractivity contribution in [3.05, 3.63) is 78.0 Å². The number of rotatable bonds is 2. The first-order valence-corrected chi connectivity index (χ1v) is 7.29. The smallest absolute Gasteiger partial charge is 0.199 e. The molecule has 1 aromatic heterocycles. The molecule has 0 bridgehead atoms. The summed E-state index contributed by atoms with van der Waals surface area (Å²) in [4.78, 5) is 0. The lowest BCUT2D eigenvalue weighted by Crippen LogP contribution is -2.34. The summed E-state index contributed by atoms with van der Waals surface area (Å²) in [7, 11) is 2.12. The van der Waals surface area contributed by atoms with Crippen molar-refractivity contribution in [1.82, 2.24) is 0 Å². The summed E-state index contributed by atoms with van der Waals surface area (Å²) in [6, 6.07) is 23.7. The summed E-state index contributed by atoms with van der Waals surface area (Å²) in [5, 5.41) is 0. The fourth-order valence-corrected chi connectivity index (χ4v) is 2.72. The molecule has 0 aliphatic heterocycles. The van der Waals surface area contributed by atoms with Gasteiger partial charge in [-0.3, -0.25) is 0 Å². The van der Waals surface area contributed by atoms with Crippen molar-refractivity contribution in [3.63, 3.8) is 0 Å². The van der Waals surface area contributed by atoms with Gasteiger partial charge in [-0.15, -0.1) is 0 Å². The van der Waals surface area contributed by atoms with Crippen LogP contribution in [0.4, 0.5) is 0 Å². The zero-order valence-corrected chi connectivity index (χ0v) is 12.8. The Morgan fingerprint density at radius 3 is 2.19 bits per heavy atom. The van der Waals surface area contributed by atoms with Gasteiger partial charge in [-0.2, -0.15) is 4.57 Å². The van der Waals surface area contributed by atoms with Crippen molar-refractivity contribution in [3.8, 4) is 22.4 Å². The average molecular weight is 274 g/mol. The average Bonchev–Trinajstić information content (AvgIpc) is 2.51. The maximum atomic E-state index is 2.27. The quantitative estimate of drug-likeness (QED) is 0.607. The fourth-order valence-electron chi connectivity index (χ4n) is 2.72. The van der Waals surface area contributed by atoms with Crippen LogP contribution in [0.15, 0.2) is 66.7 Å². The third-order valence-corrected chi connectivity index (χ3v) is 4.09. The van der Waals surface area contributed by atoms with E-state index >= 15 is 0 Å². The number of nitrogens with zero attached hydrogens (tertiary/aromatic N) is 1. The van der Waals surface area contributed by atoms with Crippen LogP contribution in [0, 0.1) is 13.8 Å². The Labute approximate surface area is 126 Å². The van der Waals surface area contributed by atoms with E-state index < -0.39 is 0 Å². The number of aryl methyl sites for hydroxylation is 2. The van der Waals surface area contributed by atoms with E-state index in [1.807, 2.05) is 0 Å². The highest BCUT2D eigenvalue weighted by atomic mass is 14.9. The second-order valence-corrected chi connectivity index (χ2v) is 5.51. The van der Waals surface area contributed by atoms with Gasteiger partial charge in [0.25, 0.3) is 0 Å². The summed E-state index contributed by atoms with van der Waals surface area (Å²) in [6.45, 7) is 4.32. The standard InChI is InChI=1S/C20H20N/c1-15-14-18(17-9-5-4-6-10-17)12-13-19(15)20-11-7-8-16(2)21(20)3/h4-14H,1-3H3/q+1. The van der Waals surface area contributed by atoms with Crippen molar-refractivity contribution >= 4 is 0 Å². The normalized spacial score (nSPS) is 10.6. The number of hydrogen-bond acceptors (Lipinski definition) is 0. The predicted molar refractivity (Wildman–Crippen MR) is 88.0 cm³/mol. The molecule has 0 fully saturated rings. The molecule has 0 saturated heterocycles. The molecule has 1 heteroatoms. The third kappa shape index (κ3) is 2.59. The van der Waals surface area contributed by atoms with E-state index in [2.05, 4.69) is 92.2 Å². The maximum Gasteiger partial charge on any atom is 0.212 e. The number of pyridine rings is 1. The highest BCUT2D eigenvalue weighted by molar-refractivity contribution is 5.70. The number of hydrogen-bond donors (Lipinski definition) is 0. The van der Waals surface area contributed by atoms with E-state index in [-0.39, 0.29) is 0 Å². The van der Waals surface area contributed by atoms with Crippen molar-refractivity contribution < 1.29 is 4.57 Å². The molecule has 0 radical (unpaired) electrons. The van der Waals surface area contributed by atoms with Gasteiger partial charge in [0, 0.05) is 24.6 Å². The molecule has 21 heavy (non-hydrogen) atoms. The molecule has 1 heterocycles. The summed E-state index contributed by atoms with van der Waals surface area (Å²) in [6.07, 6.45) is 0. The van der Waals surface area contributed by atoms with E-state index in [0.29, 0.717) is 0 Å². The Balaban J connectivity index is 2.09. The molecule has 0 spiro atoms. The van der Waals surface area contributed by atoms with Crippen LogP contribution in [0.25, 0.3) is 22.4 Å². The van der Waals surface area contributed by atoms with Crippen LogP contribution < -0.4 is 4.57 Å². The highest BCUT2D eigenvalue weighted by Gasteiger charge is 2.14. The van der Waals surface area contributed by atoms with Crippen LogP contribution in [-0.2, 0) is 7.05 Å². The molecule has 0 saturated carbocycles. The van der Waals surface area contributed by atoms with Gasteiger partial charge in [-0.25, -0.2) is 0 Å². The third-order valence-electron chi connectivity index (χ3n) is 4.09. The van der Waals surface area contributed by atoms with Crippen LogP contribution in [-0.4, -0.2) is 0 Å². The second-order valence-electron chi connectivity index (χ2n) is 5.51. The molecule has 0 amide bonds. The van der Waals surface area contributed by atoms with Gasteiger partial charge in [-0.05, 0) is 35.7 Å². The number of benzene rings is 2. The van der Waals surface area contributed by atoms with Gasteiger partial charge < -0.3 is 0 Å². The Morgan fingerprint density at radius 1 is 0.714 bits per heavy atom. The minimum absolute atomic E-state index is 1.26. The Bertz CT molecular complexity index is 773. The van der Waals surface area contributed by atoms with Crippen LogP contribution in [0.3, 0.4) is 0 Å². The van der Waals surface area contributed by atoms with Crippen molar-refractivity contribution in [2.75, 3.05) is 0 Å². The van der Waals surface area contributed by atoms with Gasteiger partial charge in [0.2, 0.25) is 5.69 Å². The van der Waals surface area contributed by atoms with Crippen LogP contribution >= 0.6 is 0 Å². The molecule has 0 unspecified atom stereocenters. The number of aromatic nitrogens is 1. The molecular formula is C20H20N+. The molecule has 1 nitrogen and oxygen atoms in total. The maximum absolute atomic E-state index is 2.27. The second kappa shape index (κ2) is 5.53. The monoisotopic (exact) mass is 274 g/mol. The molecule has 2 aromatic carbocycles. The summed E-state index contributed by atoms with van der Waals surface area (Å²) < 4.78 is 2.24. The molecule has 3 aromatic rings. The molecule has 0 aliphatic rings. The first-order valence-electron chi connectivity index (χ1n) is 7.29. The van der Waals surface area contributed by atoms with Gasteiger partial charge in [-0.1, -0.05) is 42.5 Å². The van der Waals surface area contributed by atoms with Gasteiger partial charge in [0.05, 0.1) is 0 Å². The summed E-state index contributed by atoms with van der Waals surface area (Å²) in [5.74, 6) is 0. The van der Waals surface area contributed by atoms with E-state index in [4.69, 9.17) is 0 Å². The molecule has 0 N–H and O–H groups in total. The van der Waals surface area contributed by atoms with E-state index in [1.54, 1.807) is 0 Å². The molecule has 0 atom stereocenters. The fraction of sp³-hybridized carbons (Fsp3) is 0.150. The summed E-state index contributed by atoms with van der Waals surface area (Å²) >= 11 is 0. The first kappa shape index (κ1) is 13.6. The van der Waals surface area contributed by atoms with Gasteiger partial charge in [0.1, 0.15) is 7.05 Å². The SMILES string of the molecule is Cc1cc(-c2ccccc2)ccc1-c1cccc(C)[n+]1C. The Hall–Kier alpha value is -2.41. The molecule has 0 aliphatic carbocycles. The topological polar surface area (TPSA) is 3.88 Å². The van der Waals surface area contributed by atoms with E-state index in [1.165, 1.54) is 33.6 Å². The highest BCUT2D eigenvalue weighted by Crippen LogP contribution is 2.26. The van der Waals surface area contributed by atoms with Crippen molar-refractivity contribution in [1.29, 1.82) is 0 Å². The lowest BCUT2D eigenvalue weighted by Gasteiger charge is -2.08. The van der Waals surface area contributed by atoms with Gasteiger partial charge >= 0.3 is 0 Å². The van der Waals surface area contributed by atoms with Crippen LogP contribution in [0.2, 0.25) is 0 Å². The molecular weight excluding hydrogens is 254 g/mol. The Kier molecular flexibility index (Phi) is 3.57. The zero-order chi connectivity index (χ0) is 14.8. The predicted octanol–water partition coefficient (Wildman–Crippen LogP) is 4.46. The van der Waals surface area contributed by atoms with E-state index in [9.17, 15) is 0 Å². The van der Waals surface area contributed by atoms with Gasteiger partial charge in [0.15, 0.2) is 5.69 Å². The Morgan fingerprint density at radius 2 is 1.48 bits per heavy atom. The summed E-state index contributed by atoms with van der Waals surface area (Å²) in [5.41, 5.74) is 7.65. The molecule has 3 rings (SSSR count). The largest absolute Gasteiger partial charge is 0.212 e. The minimum atomic E-state index is 1.26. The minimum Gasteiger partial charge on any atom is -0.199 e. The molecule has 104 valence electrons. The zero-order valence-electron chi connectivity index (χ0n) is 12.8. The van der Waals surface area contributed by atoms with Crippen LogP contribution in [0.5, 0.6) is 0 Å². The lowest BCUT2D eigenvalue weighted by molar-refractivity contribution is -0.666. The van der Waals surface area contributed by atoms with Crippen LogP contribution in [0.1, 0.15) is 11.3 Å². The van der Waals surface area contributed by atoms with Crippen molar-refractivity contribution in [2.24, 2.45) is 7.05 Å². The first-order chi connectivity index (χ1) is 10.2. The lowest BCUT2D eigenvalue weighted by atomic mass is 9.98. The van der Waals surface area contributed by atoms with E-state index in [0.717, 1.165) is 0 Å². The van der Waals surface area contributed by atoms with Crippen molar-refractivity contribution in [2.45, 2.75) is 13.8 Å².